The molecule has 0 aliphatic heterocycles. The van der Waals surface area contributed by atoms with E-state index in [0.29, 0.717) is 19.6 Å². The Morgan fingerprint density at radius 2 is 1.73 bits per heavy atom. The van der Waals surface area contributed by atoms with Crippen molar-refractivity contribution in [1.82, 2.24) is 0 Å². The number of aliphatic hydroxyl groups excluding tert-OH is 1. The number of hydrogen-bond donors (Lipinski definition) is 1. The van der Waals surface area contributed by atoms with E-state index in [1.165, 1.54) is 33.0 Å². The van der Waals surface area contributed by atoms with Crippen molar-refractivity contribution < 1.29 is 14.6 Å². The number of rotatable bonds is 8. The Labute approximate surface area is 155 Å². The first-order chi connectivity index (χ1) is 12.8. The summed E-state index contributed by atoms with van der Waals surface area (Å²) in [7, 11) is 1.70. The van der Waals surface area contributed by atoms with Crippen LogP contribution in [0.1, 0.15) is 24.5 Å². The molecule has 0 aromatic heterocycles. The minimum Gasteiger partial charge on any atom is -0.497 e. The zero-order chi connectivity index (χ0) is 18.4. The van der Waals surface area contributed by atoms with Crippen molar-refractivity contribution in [2.75, 3.05) is 20.3 Å². The molecular formula is C23H26O3. The van der Waals surface area contributed by atoms with Gasteiger partial charge in [-0.15, -0.1) is 0 Å². The molecule has 3 aromatic rings. The highest BCUT2D eigenvalue weighted by Crippen LogP contribution is 2.36. The number of benzene rings is 3. The van der Waals surface area contributed by atoms with Crippen molar-refractivity contribution in [1.29, 1.82) is 0 Å². The van der Waals surface area contributed by atoms with Crippen LogP contribution in [0.25, 0.3) is 21.9 Å². The van der Waals surface area contributed by atoms with Gasteiger partial charge < -0.3 is 14.6 Å². The van der Waals surface area contributed by atoms with Gasteiger partial charge in [0.05, 0.1) is 13.7 Å². The molecule has 0 radical (unpaired) electrons. The summed E-state index contributed by atoms with van der Waals surface area (Å²) in [6, 6.07) is 19.0. The standard InChI is InChI=1S/C23H26O3/c1-3-17-14-19(16-26-13-7-12-24)21-10-4-5-11-22(21)23(17)18-8-6-9-20(15-18)25-2/h4-6,8-11,14-15,24H,3,7,12-13,16H2,1-2H3. The predicted octanol–water partition coefficient (Wildman–Crippen LogP) is 4.98. The molecule has 0 saturated heterocycles. The highest BCUT2D eigenvalue weighted by Gasteiger charge is 2.13. The van der Waals surface area contributed by atoms with Crippen LogP contribution < -0.4 is 4.74 Å². The number of hydrogen-bond acceptors (Lipinski definition) is 3. The summed E-state index contributed by atoms with van der Waals surface area (Å²) in [4.78, 5) is 0. The van der Waals surface area contributed by atoms with Crippen LogP contribution in [0.5, 0.6) is 5.75 Å². The van der Waals surface area contributed by atoms with Crippen LogP contribution in [-0.2, 0) is 17.8 Å². The molecule has 0 spiro atoms. The molecule has 0 fully saturated rings. The molecule has 0 saturated carbocycles. The van der Waals surface area contributed by atoms with Gasteiger partial charge in [0.25, 0.3) is 0 Å². The van der Waals surface area contributed by atoms with Crippen LogP contribution in [0.3, 0.4) is 0 Å². The summed E-state index contributed by atoms with van der Waals surface area (Å²) in [6.45, 7) is 3.48. The van der Waals surface area contributed by atoms with Crippen molar-refractivity contribution in [3.05, 3.63) is 65.7 Å². The summed E-state index contributed by atoms with van der Waals surface area (Å²) in [5.74, 6) is 0.866. The van der Waals surface area contributed by atoms with Gasteiger partial charge in [0, 0.05) is 13.2 Å². The lowest BCUT2D eigenvalue weighted by Gasteiger charge is -2.17. The summed E-state index contributed by atoms with van der Waals surface area (Å²) in [5, 5.41) is 11.4. The van der Waals surface area contributed by atoms with Crippen LogP contribution in [-0.4, -0.2) is 25.4 Å². The fourth-order valence-corrected chi connectivity index (χ4v) is 3.38. The highest BCUT2D eigenvalue weighted by molar-refractivity contribution is 6.00. The molecule has 0 unspecified atom stereocenters. The Morgan fingerprint density at radius 1 is 0.923 bits per heavy atom. The van der Waals surface area contributed by atoms with E-state index in [2.05, 4.69) is 49.4 Å². The van der Waals surface area contributed by atoms with Gasteiger partial charge >= 0.3 is 0 Å². The molecule has 3 nitrogen and oxygen atoms in total. The van der Waals surface area contributed by atoms with Gasteiger partial charge in [0.1, 0.15) is 5.75 Å². The largest absolute Gasteiger partial charge is 0.497 e. The Kier molecular flexibility index (Phi) is 6.26. The fraction of sp³-hybridized carbons (Fsp3) is 0.304. The SMILES string of the molecule is CCc1cc(COCCCO)c2ccccc2c1-c1cccc(OC)c1. The lowest BCUT2D eigenvalue weighted by Crippen LogP contribution is -2.01. The number of aliphatic hydroxyl groups is 1. The molecule has 3 rings (SSSR count). The van der Waals surface area contributed by atoms with Gasteiger partial charge in [-0.1, -0.05) is 49.4 Å². The number of methoxy groups -OCH3 is 1. The Hall–Kier alpha value is -2.36. The molecule has 0 aliphatic carbocycles. The third kappa shape index (κ3) is 3.90. The maximum absolute atomic E-state index is 8.93. The lowest BCUT2D eigenvalue weighted by atomic mass is 9.89. The third-order valence-corrected chi connectivity index (χ3v) is 4.66. The van der Waals surface area contributed by atoms with Crippen molar-refractivity contribution in [2.24, 2.45) is 0 Å². The van der Waals surface area contributed by atoms with Crippen molar-refractivity contribution >= 4 is 10.8 Å². The van der Waals surface area contributed by atoms with E-state index in [4.69, 9.17) is 14.6 Å². The van der Waals surface area contributed by atoms with Gasteiger partial charge in [-0.3, -0.25) is 0 Å². The van der Waals surface area contributed by atoms with E-state index in [9.17, 15) is 0 Å². The molecule has 3 heteroatoms. The van der Waals surface area contributed by atoms with Gasteiger partial charge in [0.15, 0.2) is 0 Å². The van der Waals surface area contributed by atoms with E-state index in [-0.39, 0.29) is 6.61 Å². The molecule has 1 N–H and O–H groups in total. The molecule has 26 heavy (non-hydrogen) atoms. The lowest BCUT2D eigenvalue weighted by molar-refractivity contribution is 0.105. The minimum absolute atomic E-state index is 0.162. The third-order valence-electron chi connectivity index (χ3n) is 4.66. The molecule has 0 atom stereocenters. The van der Waals surface area contributed by atoms with E-state index in [0.717, 1.165) is 12.2 Å². The summed E-state index contributed by atoms with van der Waals surface area (Å²) < 4.78 is 11.2. The second-order valence-corrected chi connectivity index (χ2v) is 6.33. The van der Waals surface area contributed by atoms with Crippen molar-refractivity contribution in [2.45, 2.75) is 26.4 Å². The van der Waals surface area contributed by atoms with Crippen LogP contribution in [0, 0.1) is 0 Å². The molecule has 0 aliphatic rings. The van der Waals surface area contributed by atoms with Crippen molar-refractivity contribution in [3.63, 3.8) is 0 Å². The Morgan fingerprint density at radius 3 is 2.46 bits per heavy atom. The molecule has 0 bridgehead atoms. The molecule has 3 aromatic carbocycles. The average molecular weight is 350 g/mol. The van der Waals surface area contributed by atoms with E-state index in [1.807, 2.05) is 12.1 Å². The van der Waals surface area contributed by atoms with E-state index >= 15 is 0 Å². The van der Waals surface area contributed by atoms with Crippen LogP contribution in [0.4, 0.5) is 0 Å². The highest BCUT2D eigenvalue weighted by atomic mass is 16.5. The normalized spacial score (nSPS) is 11.0. The van der Waals surface area contributed by atoms with Gasteiger partial charge in [-0.25, -0.2) is 0 Å². The predicted molar refractivity (Wildman–Crippen MR) is 107 cm³/mol. The summed E-state index contributed by atoms with van der Waals surface area (Å²) in [6.07, 6.45) is 1.61. The molecule has 136 valence electrons. The Bertz CT molecular complexity index is 870. The number of aryl methyl sites for hydroxylation is 1. The fourth-order valence-electron chi connectivity index (χ4n) is 3.38. The zero-order valence-electron chi connectivity index (χ0n) is 15.5. The minimum atomic E-state index is 0.162. The molecule has 0 amide bonds. The summed E-state index contributed by atoms with van der Waals surface area (Å²) >= 11 is 0. The quantitative estimate of drug-likeness (QED) is 0.583. The van der Waals surface area contributed by atoms with Gasteiger partial charge in [0.2, 0.25) is 0 Å². The van der Waals surface area contributed by atoms with Gasteiger partial charge in [-0.05, 0) is 58.0 Å². The number of ether oxygens (including phenoxy) is 2. The van der Waals surface area contributed by atoms with Crippen molar-refractivity contribution in [3.8, 4) is 16.9 Å². The first-order valence-corrected chi connectivity index (χ1v) is 9.15. The van der Waals surface area contributed by atoms with Crippen LogP contribution in [0.2, 0.25) is 0 Å². The monoisotopic (exact) mass is 350 g/mol. The molecule has 0 heterocycles. The average Bonchev–Trinajstić information content (AvgIpc) is 2.70. The first kappa shape index (κ1) is 18.4. The maximum Gasteiger partial charge on any atom is 0.119 e. The zero-order valence-corrected chi connectivity index (χ0v) is 15.5. The smallest absolute Gasteiger partial charge is 0.119 e. The van der Waals surface area contributed by atoms with Crippen LogP contribution >= 0.6 is 0 Å². The van der Waals surface area contributed by atoms with E-state index in [1.54, 1.807) is 7.11 Å². The van der Waals surface area contributed by atoms with Crippen LogP contribution in [0.15, 0.2) is 54.6 Å². The first-order valence-electron chi connectivity index (χ1n) is 9.15. The molecular weight excluding hydrogens is 324 g/mol. The summed E-state index contributed by atoms with van der Waals surface area (Å²) in [5.41, 5.74) is 4.94. The number of fused-ring (bicyclic) bond motifs is 1. The second kappa shape index (κ2) is 8.84. The van der Waals surface area contributed by atoms with E-state index < -0.39 is 0 Å². The second-order valence-electron chi connectivity index (χ2n) is 6.33. The van der Waals surface area contributed by atoms with Gasteiger partial charge in [-0.2, -0.15) is 0 Å². The maximum atomic E-state index is 8.93. The Balaban J connectivity index is 2.11. The topological polar surface area (TPSA) is 38.7 Å².